The number of carbonyl (C=O) groups is 3. The fourth-order valence-corrected chi connectivity index (χ4v) is 3.64. The molecule has 0 saturated heterocycles. The Bertz CT molecular complexity index is 734. The minimum Gasteiger partial charge on any atom is -0.481 e. The lowest BCUT2D eigenvalue weighted by Crippen LogP contribution is -2.52. The van der Waals surface area contributed by atoms with Crippen LogP contribution in [0.3, 0.4) is 0 Å². The van der Waals surface area contributed by atoms with Gasteiger partial charge in [-0.1, -0.05) is 57.0 Å². The summed E-state index contributed by atoms with van der Waals surface area (Å²) in [5.41, 5.74) is 1.77. The molecule has 1 aromatic rings. The zero-order valence-corrected chi connectivity index (χ0v) is 16.9. The average molecular weight is 402 g/mol. The number of aliphatic carboxylic acids is 1. The Morgan fingerprint density at radius 2 is 2.07 bits per heavy atom. The van der Waals surface area contributed by atoms with Crippen LogP contribution in [0.4, 0.5) is 10.5 Å². The van der Waals surface area contributed by atoms with Crippen molar-refractivity contribution < 1.29 is 24.2 Å². The van der Waals surface area contributed by atoms with Crippen LogP contribution in [0.2, 0.25) is 0 Å². The highest BCUT2D eigenvalue weighted by Crippen LogP contribution is 2.29. The monoisotopic (exact) mass is 402 g/mol. The van der Waals surface area contributed by atoms with Crippen LogP contribution >= 0.6 is 0 Å². The van der Waals surface area contributed by atoms with Crippen molar-refractivity contribution >= 4 is 23.7 Å². The number of unbranched alkanes of at least 4 members (excludes halogenated alkanes) is 2. The first kappa shape index (κ1) is 22.5. The normalized spacial score (nSPS) is 15.0. The molecule has 0 bridgehead atoms. The molecule has 7 heteroatoms. The van der Waals surface area contributed by atoms with Crippen LogP contribution in [0, 0.1) is 5.92 Å². The number of aryl methyl sites for hydroxylation is 1. The molecule has 0 radical (unpaired) electrons. The molecule has 2 N–H and O–H groups in total. The van der Waals surface area contributed by atoms with Crippen molar-refractivity contribution in [1.82, 2.24) is 5.32 Å². The van der Waals surface area contributed by atoms with Gasteiger partial charge in [-0.05, 0) is 30.9 Å². The standard InChI is InChI=1S/C22H30N2O5/c1-3-5-6-12-17(23-22(28)29-15-4-2)19(21(26)27)20(25)24-14-9-11-16-10-7-8-13-18(16)24/h4,7-8,10,13,17,19H,2-3,5-6,9,11-12,14-15H2,1H3,(H,23,28)(H,26,27)/t17-,19?/m0/s1. The average Bonchev–Trinajstić information content (AvgIpc) is 2.71. The first-order valence-electron chi connectivity index (χ1n) is 10.2. The summed E-state index contributed by atoms with van der Waals surface area (Å²) in [7, 11) is 0. The van der Waals surface area contributed by atoms with E-state index in [0.717, 1.165) is 36.9 Å². The molecule has 2 atom stereocenters. The Labute approximate surface area is 171 Å². The number of nitrogens with zero attached hydrogens (tertiary/aromatic N) is 1. The number of benzene rings is 1. The third-order valence-electron chi connectivity index (χ3n) is 5.06. The fraction of sp³-hybridized carbons (Fsp3) is 0.500. The Hall–Kier alpha value is -2.83. The van der Waals surface area contributed by atoms with Gasteiger partial charge in [0.25, 0.3) is 0 Å². The first-order chi connectivity index (χ1) is 14.0. The number of rotatable bonds is 10. The maximum atomic E-state index is 13.3. The molecule has 1 aliphatic heterocycles. The molecule has 0 saturated carbocycles. The highest BCUT2D eigenvalue weighted by atomic mass is 16.5. The van der Waals surface area contributed by atoms with E-state index in [0.29, 0.717) is 19.4 Å². The van der Waals surface area contributed by atoms with Crippen molar-refractivity contribution in [3.05, 3.63) is 42.5 Å². The fourth-order valence-electron chi connectivity index (χ4n) is 3.64. The largest absolute Gasteiger partial charge is 0.481 e. The van der Waals surface area contributed by atoms with Gasteiger partial charge in [-0.2, -0.15) is 0 Å². The third-order valence-corrected chi connectivity index (χ3v) is 5.06. The van der Waals surface area contributed by atoms with E-state index in [-0.39, 0.29) is 6.61 Å². The number of alkyl carbamates (subject to hydrolysis) is 1. The smallest absolute Gasteiger partial charge is 0.407 e. The van der Waals surface area contributed by atoms with Gasteiger partial charge in [0.1, 0.15) is 6.61 Å². The molecule has 1 aromatic carbocycles. The van der Waals surface area contributed by atoms with Crippen molar-refractivity contribution in [2.45, 2.75) is 51.5 Å². The quantitative estimate of drug-likeness (QED) is 0.355. The van der Waals surface area contributed by atoms with Crippen molar-refractivity contribution in [2.24, 2.45) is 5.92 Å². The van der Waals surface area contributed by atoms with Crippen LogP contribution in [0.15, 0.2) is 36.9 Å². The number of carbonyl (C=O) groups excluding carboxylic acids is 2. The number of fused-ring (bicyclic) bond motifs is 1. The number of hydrogen-bond acceptors (Lipinski definition) is 4. The maximum absolute atomic E-state index is 13.3. The zero-order chi connectivity index (χ0) is 21.2. The summed E-state index contributed by atoms with van der Waals surface area (Å²) in [6, 6.07) is 6.69. The number of hydrogen-bond donors (Lipinski definition) is 2. The summed E-state index contributed by atoms with van der Waals surface area (Å²) >= 11 is 0. The second-order valence-corrected chi connectivity index (χ2v) is 7.17. The topological polar surface area (TPSA) is 95.9 Å². The molecule has 2 amide bonds. The van der Waals surface area contributed by atoms with Crippen LogP contribution < -0.4 is 10.2 Å². The highest BCUT2D eigenvalue weighted by molar-refractivity contribution is 6.07. The molecule has 0 aromatic heterocycles. The lowest BCUT2D eigenvalue weighted by Gasteiger charge is -2.33. The molecule has 0 aliphatic carbocycles. The molecule has 29 heavy (non-hydrogen) atoms. The SMILES string of the molecule is C=CCOC(=O)N[C@@H](CCCCC)C(C(=O)O)C(=O)N1CCCc2ccccc21. The van der Waals surface area contributed by atoms with Gasteiger partial charge in [0, 0.05) is 12.2 Å². The Kier molecular flexibility index (Phi) is 8.70. The zero-order valence-electron chi connectivity index (χ0n) is 16.9. The second-order valence-electron chi connectivity index (χ2n) is 7.17. The molecule has 2 rings (SSSR count). The van der Waals surface area contributed by atoms with E-state index >= 15 is 0 Å². The summed E-state index contributed by atoms with van der Waals surface area (Å²) in [5.74, 6) is -3.13. The van der Waals surface area contributed by atoms with Gasteiger partial charge in [0.15, 0.2) is 5.92 Å². The predicted octanol–water partition coefficient (Wildman–Crippen LogP) is 3.53. The highest BCUT2D eigenvalue weighted by Gasteiger charge is 2.40. The number of carboxylic acid groups (broad SMARTS) is 1. The summed E-state index contributed by atoms with van der Waals surface area (Å²) in [6.45, 7) is 5.99. The van der Waals surface area contributed by atoms with E-state index in [1.54, 1.807) is 4.90 Å². The van der Waals surface area contributed by atoms with Crippen molar-refractivity contribution in [3.63, 3.8) is 0 Å². The van der Waals surface area contributed by atoms with E-state index < -0.39 is 29.9 Å². The molecule has 1 unspecified atom stereocenters. The lowest BCUT2D eigenvalue weighted by molar-refractivity contribution is -0.147. The molecular weight excluding hydrogens is 372 g/mol. The minimum atomic E-state index is -1.38. The van der Waals surface area contributed by atoms with E-state index in [4.69, 9.17) is 4.74 Å². The van der Waals surface area contributed by atoms with Crippen molar-refractivity contribution in [1.29, 1.82) is 0 Å². The predicted molar refractivity (Wildman–Crippen MR) is 111 cm³/mol. The van der Waals surface area contributed by atoms with Crippen LogP contribution in [0.5, 0.6) is 0 Å². The Morgan fingerprint density at radius 3 is 2.76 bits per heavy atom. The molecule has 1 aliphatic rings. The van der Waals surface area contributed by atoms with Crippen molar-refractivity contribution in [3.8, 4) is 0 Å². The number of amides is 2. The Balaban J connectivity index is 2.26. The summed E-state index contributed by atoms with van der Waals surface area (Å²) in [5, 5.41) is 12.5. The molecule has 158 valence electrons. The van der Waals surface area contributed by atoms with Crippen molar-refractivity contribution in [2.75, 3.05) is 18.1 Å². The van der Waals surface area contributed by atoms with Crippen LogP contribution in [0.1, 0.15) is 44.6 Å². The number of nitrogens with one attached hydrogen (secondary N) is 1. The maximum Gasteiger partial charge on any atom is 0.407 e. The van der Waals surface area contributed by atoms with Crippen LogP contribution in [0.25, 0.3) is 0 Å². The number of carboxylic acids is 1. The molecule has 1 heterocycles. The lowest BCUT2D eigenvalue weighted by atomic mass is 9.91. The van der Waals surface area contributed by atoms with Gasteiger partial charge in [-0.15, -0.1) is 0 Å². The molecule has 0 fully saturated rings. The van der Waals surface area contributed by atoms with E-state index in [1.165, 1.54) is 6.08 Å². The number of ether oxygens (including phenoxy) is 1. The van der Waals surface area contributed by atoms with E-state index in [9.17, 15) is 19.5 Å². The second kappa shape index (κ2) is 11.2. The third kappa shape index (κ3) is 6.07. The van der Waals surface area contributed by atoms with Gasteiger partial charge in [-0.3, -0.25) is 9.59 Å². The van der Waals surface area contributed by atoms with Gasteiger partial charge < -0.3 is 20.1 Å². The summed E-state index contributed by atoms with van der Waals surface area (Å²) < 4.78 is 4.95. The van der Waals surface area contributed by atoms with Gasteiger partial charge in [0.2, 0.25) is 5.91 Å². The number of para-hydroxylation sites is 1. The minimum absolute atomic E-state index is 0.0126. The number of anilines is 1. The van der Waals surface area contributed by atoms with Gasteiger partial charge >= 0.3 is 12.1 Å². The Morgan fingerprint density at radius 1 is 1.31 bits per heavy atom. The van der Waals surface area contributed by atoms with Crippen LogP contribution in [-0.2, 0) is 20.7 Å². The van der Waals surface area contributed by atoms with Gasteiger partial charge in [0.05, 0.1) is 6.04 Å². The summed E-state index contributed by atoms with van der Waals surface area (Å²) in [4.78, 5) is 39.0. The van der Waals surface area contributed by atoms with E-state index in [1.807, 2.05) is 31.2 Å². The molecule has 7 nitrogen and oxygen atoms in total. The summed E-state index contributed by atoms with van der Waals surface area (Å²) in [6.07, 6.45) is 5.21. The van der Waals surface area contributed by atoms with E-state index in [2.05, 4.69) is 11.9 Å². The molecule has 0 spiro atoms. The van der Waals surface area contributed by atoms with Gasteiger partial charge in [-0.25, -0.2) is 4.79 Å². The first-order valence-corrected chi connectivity index (χ1v) is 10.2. The van der Waals surface area contributed by atoms with Crippen LogP contribution in [-0.4, -0.2) is 42.3 Å². The molecular formula is C22H30N2O5.